The maximum absolute atomic E-state index is 11.9. The summed E-state index contributed by atoms with van der Waals surface area (Å²) in [5.74, 6) is 1.11. The lowest BCUT2D eigenvalue weighted by Crippen LogP contribution is -2.39. The summed E-state index contributed by atoms with van der Waals surface area (Å²) in [6.45, 7) is 6.23. The molecule has 3 N–H and O–H groups in total. The van der Waals surface area contributed by atoms with Crippen LogP contribution in [0.2, 0.25) is 0 Å². The van der Waals surface area contributed by atoms with E-state index in [1.54, 1.807) is 25.3 Å². The van der Waals surface area contributed by atoms with Crippen LogP contribution in [0.3, 0.4) is 0 Å². The van der Waals surface area contributed by atoms with Gasteiger partial charge in [-0.25, -0.2) is 0 Å². The number of benzene rings is 1. The van der Waals surface area contributed by atoms with E-state index in [1.807, 2.05) is 20.8 Å². The molecule has 1 aromatic carbocycles. The van der Waals surface area contributed by atoms with Crippen LogP contribution in [-0.4, -0.2) is 25.7 Å². The lowest BCUT2D eigenvalue weighted by molar-refractivity contribution is -0.118. The lowest BCUT2D eigenvalue weighted by atomic mass is 10.0. The Morgan fingerprint density at radius 1 is 1.35 bits per heavy atom. The number of carbonyl (C=O) groups excluding carboxylic acids is 1. The van der Waals surface area contributed by atoms with Crippen LogP contribution in [0.5, 0.6) is 11.5 Å². The van der Waals surface area contributed by atoms with Gasteiger partial charge in [0.15, 0.2) is 11.5 Å². The molecule has 1 aromatic rings. The Morgan fingerprint density at radius 2 is 2.00 bits per heavy atom. The molecule has 0 heterocycles. The number of ether oxygens (including phenoxy) is 2. The van der Waals surface area contributed by atoms with Crippen molar-refractivity contribution in [2.75, 3.05) is 19.0 Å². The first kappa shape index (κ1) is 18.5. The van der Waals surface area contributed by atoms with Crippen molar-refractivity contribution in [2.45, 2.75) is 26.8 Å². The van der Waals surface area contributed by atoms with Crippen LogP contribution in [0.1, 0.15) is 20.8 Å². The van der Waals surface area contributed by atoms with E-state index >= 15 is 0 Å². The van der Waals surface area contributed by atoms with Crippen molar-refractivity contribution in [1.82, 2.24) is 0 Å². The van der Waals surface area contributed by atoms with E-state index in [4.69, 9.17) is 15.2 Å². The number of hydrogen-bond acceptors (Lipinski definition) is 4. The summed E-state index contributed by atoms with van der Waals surface area (Å²) in [7, 11) is 1.57. The second-order valence-electron chi connectivity index (χ2n) is 4.56. The van der Waals surface area contributed by atoms with Gasteiger partial charge < -0.3 is 20.5 Å². The van der Waals surface area contributed by atoms with Crippen molar-refractivity contribution >= 4 is 24.0 Å². The highest BCUT2D eigenvalue weighted by Gasteiger charge is 2.17. The van der Waals surface area contributed by atoms with Gasteiger partial charge in [-0.15, -0.1) is 12.4 Å². The second-order valence-corrected chi connectivity index (χ2v) is 4.56. The average molecular weight is 303 g/mol. The SMILES string of the molecule is CCOc1cc(NC(=O)[C@@H](N)C(C)C)ccc1OC.Cl. The molecule has 5 nitrogen and oxygen atoms in total. The fourth-order valence-corrected chi connectivity index (χ4v) is 1.55. The van der Waals surface area contributed by atoms with Gasteiger partial charge in [0.2, 0.25) is 5.91 Å². The van der Waals surface area contributed by atoms with Crippen molar-refractivity contribution in [3.63, 3.8) is 0 Å². The molecular formula is C14H23ClN2O3. The lowest BCUT2D eigenvalue weighted by Gasteiger charge is -2.16. The number of nitrogens with one attached hydrogen (secondary N) is 1. The molecular weight excluding hydrogens is 280 g/mol. The molecule has 0 saturated heterocycles. The highest BCUT2D eigenvalue weighted by molar-refractivity contribution is 5.95. The Morgan fingerprint density at radius 3 is 2.50 bits per heavy atom. The summed E-state index contributed by atoms with van der Waals surface area (Å²) in [5.41, 5.74) is 6.44. The van der Waals surface area contributed by atoms with Crippen LogP contribution in [0, 0.1) is 5.92 Å². The van der Waals surface area contributed by atoms with Crippen LogP contribution in [0.25, 0.3) is 0 Å². The summed E-state index contributed by atoms with van der Waals surface area (Å²) in [5, 5.41) is 2.77. The molecule has 0 spiro atoms. The van der Waals surface area contributed by atoms with Crippen molar-refractivity contribution in [3.05, 3.63) is 18.2 Å². The molecule has 1 rings (SSSR count). The fraction of sp³-hybridized carbons (Fsp3) is 0.500. The molecule has 0 aliphatic heterocycles. The van der Waals surface area contributed by atoms with E-state index < -0.39 is 6.04 Å². The smallest absolute Gasteiger partial charge is 0.241 e. The highest BCUT2D eigenvalue weighted by atomic mass is 35.5. The zero-order valence-corrected chi connectivity index (χ0v) is 13.1. The molecule has 0 unspecified atom stereocenters. The summed E-state index contributed by atoms with van der Waals surface area (Å²) in [4.78, 5) is 11.9. The maximum Gasteiger partial charge on any atom is 0.241 e. The van der Waals surface area contributed by atoms with E-state index in [0.717, 1.165) is 0 Å². The minimum absolute atomic E-state index is 0. The van der Waals surface area contributed by atoms with Gasteiger partial charge in [0, 0.05) is 11.8 Å². The first-order valence-corrected chi connectivity index (χ1v) is 6.36. The highest BCUT2D eigenvalue weighted by Crippen LogP contribution is 2.30. The third-order valence-electron chi connectivity index (χ3n) is 2.75. The number of anilines is 1. The van der Waals surface area contributed by atoms with Gasteiger partial charge in [-0.3, -0.25) is 4.79 Å². The van der Waals surface area contributed by atoms with Crippen LogP contribution in [0.15, 0.2) is 18.2 Å². The fourth-order valence-electron chi connectivity index (χ4n) is 1.55. The predicted octanol–water partition coefficient (Wildman–Crippen LogP) is 2.44. The number of amides is 1. The van der Waals surface area contributed by atoms with Crippen molar-refractivity contribution in [2.24, 2.45) is 11.7 Å². The minimum atomic E-state index is -0.530. The third kappa shape index (κ3) is 4.90. The van der Waals surface area contributed by atoms with Gasteiger partial charge in [0.25, 0.3) is 0 Å². The van der Waals surface area contributed by atoms with E-state index in [1.165, 1.54) is 0 Å². The summed E-state index contributed by atoms with van der Waals surface area (Å²) < 4.78 is 10.6. The van der Waals surface area contributed by atoms with Gasteiger partial charge in [0.1, 0.15) is 0 Å². The Balaban J connectivity index is 0.00000361. The molecule has 0 aromatic heterocycles. The molecule has 0 fully saturated rings. The van der Waals surface area contributed by atoms with Gasteiger partial charge in [-0.1, -0.05) is 13.8 Å². The molecule has 6 heteroatoms. The zero-order chi connectivity index (χ0) is 14.4. The van der Waals surface area contributed by atoms with Gasteiger partial charge in [0.05, 0.1) is 19.8 Å². The van der Waals surface area contributed by atoms with Gasteiger partial charge in [-0.2, -0.15) is 0 Å². The normalized spacial score (nSPS) is 11.5. The van der Waals surface area contributed by atoms with E-state index in [-0.39, 0.29) is 24.2 Å². The Kier molecular flexibility index (Phi) is 8.03. The molecule has 114 valence electrons. The van der Waals surface area contributed by atoms with Crippen molar-refractivity contribution < 1.29 is 14.3 Å². The summed E-state index contributed by atoms with van der Waals surface area (Å²) in [6, 6.07) is 4.71. The Bertz CT molecular complexity index is 438. The van der Waals surface area contributed by atoms with Gasteiger partial charge >= 0.3 is 0 Å². The molecule has 0 aliphatic rings. The van der Waals surface area contributed by atoms with E-state index in [2.05, 4.69) is 5.32 Å². The molecule has 1 atom stereocenters. The van der Waals surface area contributed by atoms with Crippen LogP contribution in [0.4, 0.5) is 5.69 Å². The predicted molar refractivity (Wildman–Crippen MR) is 82.9 cm³/mol. The Labute approximate surface area is 126 Å². The summed E-state index contributed by atoms with van der Waals surface area (Å²) in [6.07, 6.45) is 0. The average Bonchev–Trinajstić information content (AvgIpc) is 2.38. The largest absolute Gasteiger partial charge is 0.493 e. The monoisotopic (exact) mass is 302 g/mol. The van der Waals surface area contributed by atoms with Gasteiger partial charge in [-0.05, 0) is 25.0 Å². The van der Waals surface area contributed by atoms with Crippen LogP contribution >= 0.6 is 12.4 Å². The van der Waals surface area contributed by atoms with E-state index in [9.17, 15) is 4.79 Å². The zero-order valence-electron chi connectivity index (χ0n) is 12.3. The number of hydrogen-bond donors (Lipinski definition) is 2. The number of methoxy groups -OCH3 is 1. The first-order chi connectivity index (χ1) is 8.99. The van der Waals surface area contributed by atoms with Crippen molar-refractivity contribution in [1.29, 1.82) is 0 Å². The topological polar surface area (TPSA) is 73.6 Å². The molecule has 0 radical (unpaired) electrons. The van der Waals surface area contributed by atoms with E-state index in [0.29, 0.717) is 23.8 Å². The molecule has 0 saturated carbocycles. The van der Waals surface area contributed by atoms with Crippen LogP contribution in [-0.2, 0) is 4.79 Å². The number of rotatable bonds is 6. The quantitative estimate of drug-likeness (QED) is 0.846. The summed E-state index contributed by atoms with van der Waals surface area (Å²) >= 11 is 0. The number of nitrogens with two attached hydrogens (primary N) is 1. The maximum atomic E-state index is 11.9. The van der Waals surface area contributed by atoms with Crippen molar-refractivity contribution in [3.8, 4) is 11.5 Å². The molecule has 1 amide bonds. The third-order valence-corrected chi connectivity index (χ3v) is 2.75. The Hall–Kier alpha value is -1.46. The molecule has 0 aliphatic carbocycles. The first-order valence-electron chi connectivity index (χ1n) is 6.36. The van der Waals surface area contributed by atoms with Crippen LogP contribution < -0.4 is 20.5 Å². The minimum Gasteiger partial charge on any atom is -0.493 e. The number of halogens is 1. The standard InChI is InChI=1S/C14H22N2O3.ClH/c1-5-19-12-8-10(6-7-11(12)18-4)16-14(17)13(15)9(2)3;/h6-9,13H,5,15H2,1-4H3,(H,16,17);1H/t13-;/m0./s1. The number of carbonyl (C=O) groups is 1. The second kappa shape index (κ2) is 8.66. The molecule has 0 bridgehead atoms. The molecule has 20 heavy (non-hydrogen) atoms.